The third-order valence-corrected chi connectivity index (χ3v) is 3.89. The van der Waals surface area contributed by atoms with Crippen molar-refractivity contribution >= 4 is 11.6 Å². The molecule has 3 N–H and O–H groups in total. The summed E-state index contributed by atoms with van der Waals surface area (Å²) in [6, 6.07) is 5.17. The Morgan fingerprint density at radius 2 is 2.32 bits per heavy atom. The van der Waals surface area contributed by atoms with Gasteiger partial charge in [-0.25, -0.2) is 0 Å². The van der Waals surface area contributed by atoms with Gasteiger partial charge in [0.2, 0.25) is 0 Å². The van der Waals surface area contributed by atoms with E-state index in [1.165, 1.54) is 7.11 Å². The molecule has 1 aromatic carbocycles. The summed E-state index contributed by atoms with van der Waals surface area (Å²) in [6.45, 7) is 0. The Morgan fingerprint density at radius 3 is 2.95 bits per heavy atom. The summed E-state index contributed by atoms with van der Waals surface area (Å²) in [6.07, 6.45) is 3.56. The smallest absolute Gasteiger partial charge is 0.255 e. The van der Waals surface area contributed by atoms with Crippen molar-refractivity contribution in [3.8, 4) is 5.75 Å². The normalized spacial score (nSPS) is 28.4. The number of methoxy groups -OCH3 is 1. The number of hydrogen-bond donors (Lipinski definition) is 2. The minimum absolute atomic E-state index is 0.119. The van der Waals surface area contributed by atoms with Crippen LogP contribution in [0.4, 0.5) is 5.69 Å². The second kappa shape index (κ2) is 4.74. The first-order chi connectivity index (χ1) is 9.17. The number of nitrogens with one attached hydrogen (secondary N) is 1. The monoisotopic (exact) mass is 262 g/mol. The minimum Gasteiger partial charge on any atom is -0.496 e. The van der Waals surface area contributed by atoms with Crippen LogP contribution in [0.3, 0.4) is 0 Å². The zero-order chi connectivity index (χ0) is 13.4. The number of carbonyl (C=O) groups excluding carboxylic acids is 1. The van der Waals surface area contributed by atoms with Crippen LogP contribution >= 0.6 is 0 Å². The molecule has 3 atom stereocenters. The quantitative estimate of drug-likeness (QED) is 0.806. The van der Waals surface area contributed by atoms with Gasteiger partial charge in [-0.1, -0.05) is 0 Å². The number of rotatable bonds is 3. The Hall–Kier alpha value is -1.75. The molecule has 2 saturated heterocycles. The topological polar surface area (TPSA) is 73.6 Å². The van der Waals surface area contributed by atoms with Crippen LogP contribution in [0.25, 0.3) is 0 Å². The number of nitrogen functional groups attached to an aromatic ring is 1. The van der Waals surface area contributed by atoms with E-state index in [9.17, 15) is 4.79 Å². The Bertz CT molecular complexity index is 503. The Balaban J connectivity index is 1.73. The molecule has 0 aliphatic carbocycles. The second-order valence-electron chi connectivity index (χ2n) is 5.15. The van der Waals surface area contributed by atoms with Gasteiger partial charge >= 0.3 is 0 Å². The van der Waals surface area contributed by atoms with Crippen LogP contribution in [0.15, 0.2) is 18.2 Å². The molecular weight excluding hydrogens is 244 g/mol. The lowest BCUT2D eigenvalue weighted by atomic mass is 9.95. The lowest BCUT2D eigenvalue weighted by Gasteiger charge is -2.20. The number of nitrogens with two attached hydrogens (primary N) is 1. The molecule has 2 fully saturated rings. The van der Waals surface area contributed by atoms with Crippen molar-refractivity contribution in [1.29, 1.82) is 0 Å². The van der Waals surface area contributed by atoms with E-state index in [-0.39, 0.29) is 18.1 Å². The molecule has 3 rings (SSSR count). The van der Waals surface area contributed by atoms with Gasteiger partial charge in [-0.3, -0.25) is 4.79 Å². The van der Waals surface area contributed by atoms with Crippen molar-refractivity contribution in [2.24, 2.45) is 0 Å². The van der Waals surface area contributed by atoms with E-state index >= 15 is 0 Å². The molecule has 2 heterocycles. The highest BCUT2D eigenvalue weighted by atomic mass is 16.5. The lowest BCUT2D eigenvalue weighted by molar-refractivity contribution is 0.0839. The molecule has 102 valence electrons. The standard InChI is InChI=1S/C14H18N2O3/c1-18-13-6-8(15)2-4-10(13)14(17)16-11-7-9-3-5-12(11)19-9/h2,4,6,9,11-12H,3,5,7,15H2,1H3,(H,16,17). The Morgan fingerprint density at radius 1 is 1.47 bits per heavy atom. The first-order valence-electron chi connectivity index (χ1n) is 6.57. The van der Waals surface area contributed by atoms with Crippen molar-refractivity contribution < 1.29 is 14.3 Å². The van der Waals surface area contributed by atoms with Crippen molar-refractivity contribution in [2.45, 2.75) is 37.5 Å². The highest BCUT2D eigenvalue weighted by Gasteiger charge is 2.41. The fraction of sp³-hybridized carbons (Fsp3) is 0.500. The van der Waals surface area contributed by atoms with Gasteiger partial charge in [0.25, 0.3) is 5.91 Å². The van der Waals surface area contributed by atoms with E-state index in [4.69, 9.17) is 15.2 Å². The molecule has 5 heteroatoms. The Labute approximate surface area is 112 Å². The summed E-state index contributed by atoms with van der Waals surface area (Å²) < 4.78 is 10.9. The van der Waals surface area contributed by atoms with Gasteiger partial charge in [0.1, 0.15) is 5.75 Å². The number of benzene rings is 1. The van der Waals surface area contributed by atoms with Crippen molar-refractivity contribution in [3.63, 3.8) is 0 Å². The van der Waals surface area contributed by atoms with Gasteiger partial charge in [0.15, 0.2) is 0 Å². The summed E-state index contributed by atoms with van der Waals surface area (Å²) in [5.74, 6) is 0.375. The Kier molecular flexibility index (Phi) is 3.06. The maximum atomic E-state index is 12.3. The molecule has 2 bridgehead atoms. The van der Waals surface area contributed by atoms with Crippen LogP contribution in [0, 0.1) is 0 Å². The van der Waals surface area contributed by atoms with Gasteiger partial charge in [-0.2, -0.15) is 0 Å². The van der Waals surface area contributed by atoms with Crippen molar-refractivity contribution in [1.82, 2.24) is 5.32 Å². The molecular formula is C14H18N2O3. The molecule has 0 radical (unpaired) electrons. The molecule has 5 nitrogen and oxygen atoms in total. The molecule has 2 aliphatic heterocycles. The summed E-state index contributed by atoms with van der Waals surface area (Å²) in [5.41, 5.74) is 6.78. The number of ether oxygens (including phenoxy) is 2. The van der Waals surface area contributed by atoms with Crippen LogP contribution in [0.2, 0.25) is 0 Å². The third kappa shape index (κ3) is 2.26. The highest BCUT2D eigenvalue weighted by Crippen LogP contribution is 2.34. The molecule has 2 aliphatic rings. The van der Waals surface area contributed by atoms with E-state index in [0.717, 1.165) is 19.3 Å². The summed E-state index contributed by atoms with van der Waals surface area (Å²) in [4.78, 5) is 12.3. The molecule has 1 amide bonds. The van der Waals surface area contributed by atoms with Crippen LogP contribution in [0.5, 0.6) is 5.75 Å². The average molecular weight is 262 g/mol. The molecule has 3 unspecified atom stereocenters. The van der Waals surface area contributed by atoms with Crippen molar-refractivity contribution in [3.05, 3.63) is 23.8 Å². The van der Waals surface area contributed by atoms with Gasteiger partial charge in [0.05, 0.1) is 30.9 Å². The van der Waals surface area contributed by atoms with E-state index in [2.05, 4.69) is 5.32 Å². The number of amides is 1. The predicted octanol–water partition coefficient (Wildman–Crippen LogP) is 1.33. The number of hydrogen-bond acceptors (Lipinski definition) is 4. The molecule has 1 aromatic rings. The van der Waals surface area contributed by atoms with E-state index in [1.54, 1.807) is 18.2 Å². The number of anilines is 1. The summed E-state index contributed by atoms with van der Waals surface area (Å²) in [5, 5.41) is 3.04. The second-order valence-corrected chi connectivity index (χ2v) is 5.15. The molecule has 19 heavy (non-hydrogen) atoms. The number of carbonyl (C=O) groups is 1. The van der Waals surface area contributed by atoms with E-state index in [1.807, 2.05) is 0 Å². The SMILES string of the molecule is COc1cc(N)ccc1C(=O)NC1CC2CCC1O2. The zero-order valence-electron chi connectivity index (χ0n) is 10.9. The van der Waals surface area contributed by atoms with Gasteiger partial charge in [-0.05, 0) is 31.4 Å². The number of fused-ring (bicyclic) bond motifs is 2. The molecule has 0 spiro atoms. The summed E-state index contributed by atoms with van der Waals surface area (Å²) >= 11 is 0. The van der Waals surface area contributed by atoms with Gasteiger partial charge < -0.3 is 20.5 Å². The maximum absolute atomic E-state index is 12.3. The maximum Gasteiger partial charge on any atom is 0.255 e. The van der Waals surface area contributed by atoms with Crippen LogP contribution in [-0.2, 0) is 4.74 Å². The average Bonchev–Trinajstić information content (AvgIpc) is 3.00. The third-order valence-electron chi connectivity index (χ3n) is 3.89. The van der Waals surface area contributed by atoms with Crippen LogP contribution in [-0.4, -0.2) is 31.3 Å². The van der Waals surface area contributed by atoms with Crippen molar-refractivity contribution in [2.75, 3.05) is 12.8 Å². The summed E-state index contributed by atoms with van der Waals surface area (Å²) in [7, 11) is 1.53. The van der Waals surface area contributed by atoms with Gasteiger partial charge in [-0.15, -0.1) is 0 Å². The fourth-order valence-corrected chi connectivity index (χ4v) is 2.93. The largest absolute Gasteiger partial charge is 0.496 e. The minimum atomic E-state index is -0.127. The van der Waals surface area contributed by atoms with Crippen LogP contribution < -0.4 is 15.8 Å². The highest BCUT2D eigenvalue weighted by molar-refractivity contribution is 5.97. The zero-order valence-corrected chi connectivity index (χ0v) is 10.9. The first kappa shape index (κ1) is 12.3. The van der Waals surface area contributed by atoms with Crippen LogP contribution in [0.1, 0.15) is 29.6 Å². The van der Waals surface area contributed by atoms with Gasteiger partial charge in [0, 0.05) is 11.8 Å². The van der Waals surface area contributed by atoms with E-state index in [0.29, 0.717) is 23.1 Å². The lowest BCUT2D eigenvalue weighted by Crippen LogP contribution is -2.41. The predicted molar refractivity (Wildman–Crippen MR) is 71.2 cm³/mol. The molecule has 0 aromatic heterocycles. The van der Waals surface area contributed by atoms with E-state index < -0.39 is 0 Å². The first-order valence-corrected chi connectivity index (χ1v) is 6.57. The fourth-order valence-electron chi connectivity index (χ4n) is 2.93. The molecule has 0 saturated carbocycles.